The molecule has 0 atom stereocenters. The van der Waals surface area contributed by atoms with Crippen molar-refractivity contribution in [1.82, 2.24) is 4.98 Å². The van der Waals surface area contributed by atoms with Crippen molar-refractivity contribution < 1.29 is 10.0 Å². The first kappa shape index (κ1) is 13.7. The molecule has 1 aromatic heterocycles. The van der Waals surface area contributed by atoms with E-state index in [9.17, 15) is 15.2 Å². The molecule has 0 fully saturated rings. The van der Waals surface area contributed by atoms with E-state index in [1.54, 1.807) is 23.5 Å². The first-order chi connectivity index (χ1) is 8.88. The van der Waals surface area contributed by atoms with Crippen LogP contribution >= 0.6 is 11.3 Å². The lowest BCUT2D eigenvalue weighted by atomic mass is 10.0. The van der Waals surface area contributed by atoms with Crippen LogP contribution in [0.4, 0.5) is 11.4 Å². The zero-order valence-corrected chi connectivity index (χ0v) is 11.8. The molecule has 1 heterocycles. The molecular weight excluding hydrogens is 266 g/mol. The molecule has 0 saturated carbocycles. The number of rotatable bonds is 4. The number of fused-ring (bicyclic) bond motifs is 1. The van der Waals surface area contributed by atoms with Crippen molar-refractivity contribution in [3.8, 4) is 0 Å². The van der Waals surface area contributed by atoms with Crippen LogP contribution in [-0.2, 0) is 0 Å². The Kier molecular flexibility index (Phi) is 3.42. The minimum Gasteiger partial charge on any atom is -0.394 e. The van der Waals surface area contributed by atoms with E-state index in [1.165, 1.54) is 11.3 Å². The number of aliphatic hydroxyl groups is 1. The Hall–Kier alpha value is -1.73. The SMILES string of the molecule is CN(c1ccc2scnc2c1[N+](=O)[O-])C(C)(C)CO. The predicted octanol–water partition coefficient (Wildman–Crippen LogP) is 2.41. The van der Waals surface area contributed by atoms with Gasteiger partial charge in [-0.3, -0.25) is 10.1 Å². The highest BCUT2D eigenvalue weighted by atomic mass is 32.1. The van der Waals surface area contributed by atoms with Gasteiger partial charge in [-0.25, -0.2) is 4.98 Å². The largest absolute Gasteiger partial charge is 0.394 e. The molecule has 6 nitrogen and oxygen atoms in total. The van der Waals surface area contributed by atoms with E-state index in [0.29, 0.717) is 11.2 Å². The molecule has 2 aromatic rings. The Labute approximate surface area is 114 Å². The quantitative estimate of drug-likeness (QED) is 0.687. The van der Waals surface area contributed by atoms with Crippen molar-refractivity contribution >= 4 is 32.9 Å². The van der Waals surface area contributed by atoms with Gasteiger partial charge < -0.3 is 10.0 Å². The fraction of sp³-hybridized carbons (Fsp3) is 0.417. The number of aromatic nitrogens is 1. The summed E-state index contributed by atoms with van der Waals surface area (Å²) < 4.78 is 0.783. The van der Waals surface area contributed by atoms with Crippen LogP contribution in [0.3, 0.4) is 0 Å². The van der Waals surface area contributed by atoms with Gasteiger partial charge in [0.05, 0.1) is 27.3 Å². The molecule has 1 aromatic carbocycles. The summed E-state index contributed by atoms with van der Waals surface area (Å²) in [6.45, 7) is 3.54. The second-order valence-electron chi connectivity index (χ2n) is 4.92. The van der Waals surface area contributed by atoms with Crippen molar-refractivity contribution in [3.05, 3.63) is 27.8 Å². The standard InChI is InChI=1S/C12H15N3O3S/c1-12(2,6-16)14(3)8-4-5-9-10(13-7-19-9)11(8)15(17)18/h4-5,7,16H,6H2,1-3H3. The van der Waals surface area contributed by atoms with Crippen LogP contribution in [0.5, 0.6) is 0 Å². The fourth-order valence-corrected chi connectivity index (χ4v) is 2.47. The molecule has 0 aliphatic carbocycles. The molecule has 102 valence electrons. The number of benzene rings is 1. The summed E-state index contributed by atoms with van der Waals surface area (Å²) in [4.78, 5) is 16.7. The Balaban J connectivity index is 2.66. The van der Waals surface area contributed by atoms with Crippen LogP contribution in [0.2, 0.25) is 0 Å². The maximum absolute atomic E-state index is 11.3. The topological polar surface area (TPSA) is 79.5 Å². The van der Waals surface area contributed by atoms with E-state index in [1.807, 2.05) is 19.9 Å². The third kappa shape index (κ3) is 2.26. The van der Waals surface area contributed by atoms with Gasteiger partial charge in [0.15, 0.2) is 5.52 Å². The number of nitrogens with zero attached hydrogens (tertiary/aromatic N) is 3. The summed E-state index contributed by atoms with van der Waals surface area (Å²) in [7, 11) is 1.73. The lowest BCUT2D eigenvalue weighted by Crippen LogP contribution is -2.44. The van der Waals surface area contributed by atoms with Gasteiger partial charge in [-0.15, -0.1) is 11.3 Å². The maximum Gasteiger partial charge on any atom is 0.319 e. The smallest absolute Gasteiger partial charge is 0.319 e. The van der Waals surface area contributed by atoms with Gasteiger partial charge in [0, 0.05) is 7.05 Å². The van der Waals surface area contributed by atoms with Crippen LogP contribution in [0, 0.1) is 10.1 Å². The Bertz CT molecular complexity index is 624. The lowest BCUT2D eigenvalue weighted by Gasteiger charge is -2.35. The molecular formula is C12H15N3O3S. The van der Waals surface area contributed by atoms with E-state index in [4.69, 9.17) is 0 Å². The van der Waals surface area contributed by atoms with Gasteiger partial charge in [0.2, 0.25) is 0 Å². The fourth-order valence-electron chi connectivity index (χ4n) is 1.79. The molecule has 2 rings (SSSR count). The minimum atomic E-state index is -0.589. The molecule has 0 radical (unpaired) electrons. The van der Waals surface area contributed by atoms with E-state index in [2.05, 4.69) is 4.98 Å². The third-order valence-corrected chi connectivity index (χ3v) is 4.09. The number of likely N-dealkylation sites (N-methyl/N-ethyl adjacent to an activating group) is 1. The summed E-state index contributed by atoms with van der Waals surface area (Å²) in [6, 6.07) is 3.52. The van der Waals surface area contributed by atoms with Crippen molar-refractivity contribution in [2.24, 2.45) is 0 Å². The van der Waals surface area contributed by atoms with E-state index in [0.717, 1.165) is 4.70 Å². The number of hydrogen-bond acceptors (Lipinski definition) is 6. The molecule has 0 bridgehead atoms. The summed E-state index contributed by atoms with van der Waals surface area (Å²) in [6.07, 6.45) is 0. The number of aliphatic hydroxyl groups excluding tert-OH is 1. The van der Waals surface area contributed by atoms with E-state index >= 15 is 0 Å². The normalized spacial score (nSPS) is 11.8. The molecule has 19 heavy (non-hydrogen) atoms. The zero-order chi connectivity index (χ0) is 14.2. The van der Waals surface area contributed by atoms with E-state index in [-0.39, 0.29) is 12.3 Å². The lowest BCUT2D eigenvalue weighted by molar-refractivity contribution is -0.382. The average Bonchev–Trinajstić information content (AvgIpc) is 2.84. The second kappa shape index (κ2) is 4.75. The monoisotopic (exact) mass is 281 g/mol. The van der Waals surface area contributed by atoms with Gasteiger partial charge >= 0.3 is 5.69 Å². The van der Waals surface area contributed by atoms with Crippen LogP contribution < -0.4 is 4.90 Å². The van der Waals surface area contributed by atoms with Crippen LogP contribution in [0.1, 0.15) is 13.8 Å². The van der Waals surface area contributed by atoms with Crippen LogP contribution in [0.25, 0.3) is 10.2 Å². The van der Waals surface area contributed by atoms with Crippen molar-refractivity contribution in [2.45, 2.75) is 19.4 Å². The Morgan fingerprint density at radius 1 is 1.53 bits per heavy atom. The zero-order valence-electron chi connectivity index (χ0n) is 11.0. The third-order valence-electron chi connectivity index (χ3n) is 3.29. The molecule has 7 heteroatoms. The number of nitro groups is 1. The number of hydrogen-bond donors (Lipinski definition) is 1. The van der Waals surface area contributed by atoms with E-state index < -0.39 is 10.5 Å². The Morgan fingerprint density at radius 3 is 2.79 bits per heavy atom. The molecule has 0 saturated heterocycles. The van der Waals surface area contributed by atoms with Crippen molar-refractivity contribution in [3.63, 3.8) is 0 Å². The maximum atomic E-state index is 11.3. The van der Waals surface area contributed by atoms with Crippen molar-refractivity contribution in [1.29, 1.82) is 0 Å². The number of nitro benzene ring substituents is 1. The highest BCUT2D eigenvalue weighted by molar-refractivity contribution is 7.16. The first-order valence-corrected chi connectivity index (χ1v) is 6.61. The van der Waals surface area contributed by atoms with Gasteiger partial charge in [0.1, 0.15) is 5.69 Å². The second-order valence-corrected chi connectivity index (χ2v) is 5.81. The van der Waals surface area contributed by atoms with Gasteiger partial charge in [-0.1, -0.05) is 0 Å². The highest BCUT2D eigenvalue weighted by Gasteiger charge is 2.30. The first-order valence-electron chi connectivity index (χ1n) is 5.74. The summed E-state index contributed by atoms with van der Waals surface area (Å²) in [5, 5.41) is 20.7. The van der Waals surface area contributed by atoms with Crippen LogP contribution in [-0.4, -0.2) is 34.2 Å². The molecule has 0 unspecified atom stereocenters. The van der Waals surface area contributed by atoms with Gasteiger partial charge in [-0.2, -0.15) is 0 Å². The average molecular weight is 281 g/mol. The predicted molar refractivity (Wildman–Crippen MR) is 75.8 cm³/mol. The minimum absolute atomic E-state index is 0.0113. The summed E-state index contributed by atoms with van der Waals surface area (Å²) >= 11 is 1.37. The van der Waals surface area contributed by atoms with Gasteiger partial charge in [-0.05, 0) is 26.0 Å². The van der Waals surface area contributed by atoms with Gasteiger partial charge in [0.25, 0.3) is 0 Å². The molecule has 0 spiro atoms. The summed E-state index contributed by atoms with van der Waals surface area (Å²) in [5.41, 5.74) is 1.85. The van der Waals surface area contributed by atoms with Crippen molar-refractivity contribution in [2.75, 3.05) is 18.6 Å². The molecule has 0 amide bonds. The molecule has 1 N–H and O–H groups in total. The molecule has 0 aliphatic heterocycles. The highest BCUT2D eigenvalue weighted by Crippen LogP contribution is 2.38. The van der Waals surface area contributed by atoms with Crippen LogP contribution in [0.15, 0.2) is 17.6 Å². The number of anilines is 1. The summed E-state index contributed by atoms with van der Waals surface area (Å²) in [5.74, 6) is 0. The number of thiazole rings is 1. The Morgan fingerprint density at radius 2 is 2.21 bits per heavy atom. The molecule has 0 aliphatic rings.